The van der Waals surface area contributed by atoms with Crippen LogP contribution in [-0.2, 0) is 9.59 Å². The van der Waals surface area contributed by atoms with E-state index in [0.717, 1.165) is 0 Å². The standard InChI is InChI=1S/C19H22N2O4/c1-13-12-21(11-8-17(13)23)19(25)15-4-2-14(3-5-15)18(24)20-9-6-16(22)7-10-20/h2-5,13H,6-12H2,1H3. The van der Waals surface area contributed by atoms with Gasteiger partial charge in [-0.1, -0.05) is 6.92 Å². The Morgan fingerprint density at radius 3 is 1.84 bits per heavy atom. The van der Waals surface area contributed by atoms with E-state index in [1.807, 2.05) is 6.92 Å². The predicted octanol–water partition coefficient (Wildman–Crippen LogP) is 1.54. The first kappa shape index (κ1) is 17.3. The van der Waals surface area contributed by atoms with Crippen molar-refractivity contribution in [3.05, 3.63) is 35.4 Å². The summed E-state index contributed by atoms with van der Waals surface area (Å²) in [6.45, 7) is 3.65. The molecule has 0 aliphatic carbocycles. The fourth-order valence-corrected chi connectivity index (χ4v) is 3.28. The minimum Gasteiger partial charge on any atom is -0.338 e. The van der Waals surface area contributed by atoms with Crippen LogP contribution in [-0.4, -0.2) is 59.4 Å². The van der Waals surface area contributed by atoms with Crippen molar-refractivity contribution in [3.8, 4) is 0 Å². The maximum absolute atomic E-state index is 12.6. The normalized spacial score (nSPS) is 21.4. The van der Waals surface area contributed by atoms with Crippen molar-refractivity contribution in [2.45, 2.75) is 26.2 Å². The van der Waals surface area contributed by atoms with Crippen molar-refractivity contribution in [1.29, 1.82) is 0 Å². The fraction of sp³-hybridized carbons (Fsp3) is 0.474. The predicted molar refractivity (Wildman–Crippen MR) is 91.3 cm³/mol. The molecular weight excluding hydrogens is 320 g/mol. The summed E-state index contributed by atoms with van der Waals surface area (Å²) in [5.74, 6) is 0.0511. The van der Waals surface area contributed by atoms with Crippen LogP contribution in [0.5, 0.6) is 0 Å². The second-order valence-electron chi connectivity index (χ2n) is 6.78. The quantitative estimate of drug-likeness (QED) is 0.817. The fourth-order valence-electron chi connectivity index (χ4n) is 3.28. The minimum absolute atomic E-state index is 0.108. The van der Waals surface area contributed by atoms with Crippen LogP contribution >= 0.6 is 0 Å². The summed E-state index contributed by atoms with van der Waals surface area (Å²) < 4.78 is 0. The van der Waals surface area contributed by atoms with Crippen molar-refractivity contribution < 1.29 is 19.2 Å². The largest absolute Gasteiger partial charge is 0.338 e. The number of carbonyl (C=O) groups excluding carboxylic acids is 4. The Balaban J connectivity index is 1.65. The third kappa shape index (κ3) is 3.78. The number of piperidine rings is 2. The lowest BCUT2D eigenvalue weighted by Crippen LogP contribution is -2.43. The maximum atomic E-state index is 12.6. The number of nitrogens with zero attached hydrogens (tertiary/aromatic N) is 2. The number of likely N-dealkylation sites (tertiary alicyclic amines) is 2. The summed E-state index contributed by atoms with van der Waals surface area (Å²) in [5, 5.41) is 0. The van der Waals surface area contributed by atoms with Gasteiger partial charge in [-0.2, -0.15) is 0 Å². The molecule has 0 aromatic heterocycles. The second kappa shape index (κ2) is 7.17. The molecule has 2 saturated heterocycles. The summed E-state index contributed by atoms with van der Waals surface area (Å²) in [7, 11) is 0. The van der Waals surface area contributed by atoms with Crippen LogP contribution in [0.2, 0.25) is 0 Å². The van der Waals surface area contributed by atoms with Crippen LogP contribution in [0.4, 0.5) is 0 Å². The van der Waals surface area contributed by atoms with Crippen LogP contribution in [0.3, 0.4) is 0 Å². The summed E-state index contributed by atoms with van der Waals surface area (Å²) in [6, 6.07) is 6.63. The number of ketones is 2. The number of hydrogen-bond acceptors (Lipinski definition) is 4. The molecule has 0 saturated carbocycles. The molecule has 6 heteroatoms. The van der Waals surface area contributed by atoms with E-state index < -0.39 is 0 Å². The van der Waals surface area contributed by atoms with E-state index in [0.29, 0.717) is 56.6 Å². The summed E-state index contributed by atoms with van der Waals surface area (Å²) in [6.07, 6.45) is 1.22. The van der Waals surface area contributed by atoms with E-state index in [2.05, 4.69) is 0 Å². The van der Waals surface area contributed by atoms with E-state index in [9.17, 15) is 19.2 Å². The number of amides is 2. The van der Waals surface area contributed by atoms with Gasteiger partial charge < -0.3 is 9.80 Å². The molecule has 2 heterocycles. The van der Waals surface area contributed by atoms with Crippen LogP contribution in [0.25, 0.3) is 0 Å². The van der Waals surface area contributed by atoms with Gasteiger partial charge in [0, 0.05) is 62.5 Å². The van der Waals surface area contributed by atoms with E-state index in [-0.39, 0.29) is 29.3 Å². The van der Waals surface area contributed by atoms with Crippen LogP contribution in [0.1, 0.15) is 46.9 Å². The molecule has 2 amide bonds. The summed E-state index contributed by atoms with van der Waals surface area (Å²) >= 11 is 0. The number of rotatable bonds is 2. The molecule has 1 aromatic carbocycles. The molecule has 0 radical (unpaired) electrons. The summed E-state index contributed by atoms with van der Waals surface area (Å²) in [5.41, 5.74) is 1.04. The van der Waals surface area contributed by atoms with Gasteiger partial charge in [0.2, 0.25) is 0 Å². The highest BCUT2D eigenvalue weighted by Gasteiger charge is 2.27. The first-order chi connectivity index (χ1) is 12.0. The smallest absolute Gasteiger partial charge is 0.253 e. The van der Waals surface area contributed by atoms with Gasteiger partial charge in [-0.05, 0) is 24.3 Å². The highest BCUT2D eigenvalue weighted by atomic mass is 16.2. The van der Waals surface area contributed by atoms with E-state index in [4.69, 9.17) is 0 Å². The van der Waals surface area contributed by atoms with Crippen LogP contribution in [0, 0.1) is 5.92 Å². The highest BCUT2D eigenvalue weighted by Crippen LogP contribution is 2.17. The van der Waals surface area contributed by atoms with Crippen LogP contribution in [0.15, 0.2) is 24.3 Å². The molecule has 2 fully saturated rings. The molecule has 1 unspecified atom stereocenters. The van der Waals surface area contributed by atoms with Crippen molar-refractivity contribution in [1.82, 2.24) is 9.80 Å². The Labute approximate surface area is 146 Å². The van der Waals surface area contributed by atoms with Crippen molar-refractivity contribution in [3.63, 3.8) is 0 Å². The minimum atomic E-state index is -0.125. The van der Waals surface area contributed by atoms with E-state index in [1.165, 1.54) is 0 Å². The Hall–Kier alpha value is -2.50. The van der Waals surface area contributed by atoms with Gasteiger partial charge in [0.1, 0.15) is 11.6 Å². The molecule has 1 atom stereocenters. The van der Waals surface area contributed by atoms with Gasteiger partial charge in [-0.15, -0.1) is 0 Å². The van der Waals surface area contributed by atoms with E-state index >= 15 is 0 Å². The zero-order valence-electron chi connectivity index (χ0n) is 14.4. The first-order valence-corrected chi connectivity index (χ1v) is 8.68. The average Bonchev–Trinajstić information content (AvgIpc) is 2.63. The third-order valence-electron chi connectivity index (χ3n) is 4.95. The van der Waals surface area contributed by atoms with Gasteiger partial charge in [0.15, 0.2) is 0 Å². The third-order valence-corrected chi connectivity index (χ3v) is 4.95. The molecule has 0 N–H and O–H groups in total. The lowest BCUT2D eigenvalue weighted by atomic mass is 9.98. The number of carbonyl (C=O) groups is 4. The zero-order chi connectivity index (χ0) is 18.0. The lowest BCUT2D eigenvalue weighted by molar-refractivity contribution is -0.125. The molecule has 0 spiro atoms. The molecule has 2 aliphatic heterocycles. The Morgan fingerprint density at radius 2 is 1.32 bits per heavy atom. The number of hydrogen-bond donors (Lipinski definition) is 0. The highest BCUT2D eigenvalue weighted by molar-refractivity contribution is 5.99. The molecule has 0 bridgehead atoms. The first-order valence-electron chi connectivity index (χ1n) is 8.68. The molecule has 3 rings (SSSR count). The average molecular weight is 342 g/mol. The monoisotopic (exact) mass is 342 g/mol. The Kier molecular flexibility index (Phi) is 4.97. The molecule has 2 aliphatic rings. The van der Waals surface area contributed by atoms with Gasteiger partial charge in [0.05, 0.1) is 0 Å². The second-order valence-corrected chi connectivity index (χ2v) is 6.78. The van der Waals surface area contributed by atoms with Crippen molar-refractivity contribution in [2.24, 2.45) is 5.92 Å². The Bertz CT molecular complexity index is 701. The summed E-state index contributed by atoms with van der Waals surface area (Å²) in [4.78, 5) is 51.2. The molecular formula is C19H22N2O4. The van der Waals surface area contributed by atoms with Crippen LogP contribution < -0.4 is 0 Å². The topological polar surface area (TPSA) is 74.8 Å². The molecule has 25 heavy (non-hydrogen) atoms. The number of benzene rings is 1. The zero-order valence-corrected chi connectivity index (χ0v) is 14.4. The maximum Gasteiger partial charge on any atom is 0.253 e. The van der Waals surface area contributed by atoms with E-state index in [1.54, 1.807) is 34.1 Å². The van der Waals surface area contributed by atoms with Crippen molar-refractivity contribution in [2.75, 3.05) is 26.2 Å². The van der Waals surface area contributed by atoms with Gasteiger partial charge in [-0.3, -0.25) is 19.2 Å². The van der Waals surface area contributed by atoms with Gasteiger partial charge in [-0.25, -0.2) is 0 Å². The lowest BCUT2D eigenvalue weighted by Gasteiger charge is -2.30. The SMILES string of the molecule is CC1CN(C(=O)c2ccc(C(=O)N3CCC(=O)CC3)cc2)CCC1=O. The van der Waals surface area contributed by atoms with Gasteiger partial charge >= 0.3 is 0 Å². The molecule has 1 aromatic rings. The molecule has 6 nitrogen and oxygen atoms in total. The number of Topliss-reactive ketones (excluding diaryl/α,β-unsaturated/α-hetero) is 2. The van der Waals surface area contributed by atoms with Crippen molar-refractivity contribution >= 4 is 23.4 Å². The van der Waals surface area contributed by atoms with Gasteiger partial charge in [0.25, 0.3) is 11.8 Å². The Morgan fingerprint density at radius 1 is 0.840 bits per heavy atom. The molecule has 132 valence electrons.